The second-order valence-electron chi connectivity index (χ2n) is 6.67. The highest BCUT2D eigenvalue weighted by atomic mass is 16.5. The molecular formula is C18H24N2O3. The van der Waals surface area contributed by atoms with Crippen molar-refractivity contribution in [3.05, 3.63) is 29.8 Å². The zero-order chi connectivity index (χ0) is 16.4. The van der Waals surface area contributed by atoms with Gasteiger partial charge in [0.2, 0.25) is 0 Å². The minimum atomic E-state index is -0.764. The normalized spacial score (nSPS) is 25.6. The second-order valence-corrected chi connectivity index (χ2v) is 6.67. The number of rotatable bonds is 4. The quantitative estimate of drug-likeness (QED) is 0.868. The number of para-hydroxylation sites is 1. The van der Waals surface area contributed by atoms with Gasteiger partial charge in [-0.3, -0.25) is 9.69 Å². The number of imide groups is 1. The van der Waals surface area contributed by atoms with E-state index in [2.05, 4.69) is 5.32 Å². The third kappa shape index (κ3) is 2.80. The van der Waals surface area contributed by atoms with Crippen LogP contribution in [0.1, 0.15) is 44.6 Å². The van der Waals surface area contributed by atoms with Crippen molar-refractivity contribution >= 4 is 11.9 Å². The summed E-state index contributed by atoms with van der Waals surface area (Å²) in [4.78, 5) is 26.7. The number of urea groups is 1. The van der Waals surface area contributed by atoms with Gasteiger partial charge in [-0.15, -0.1) is 0 Å². The van der Waals surface area contributed by atoms with Crippen LogP contribution in [0, 0.1) is 5.92 Å². The molecule has 2 aliphatic rings. The second kappa shape index (κ2) is 6.22. The van der Waals surface area contributed by atoms with Crippen LogP contribution in [0.25, 0.3) is 0 Å². The Kier molecular flexibility index (Phi) is 4.28. The summed E-state index contributed by atoms with van der Waals surface area (Å²) in [6.45, 7) is 2.13. The molecule has 1 N–H and O–H groups in total. The number of amides is 3. The molecule has 1 atom stereocenters. The van der Waals surface area contributed by atoms with Crippen molar-refractivity contribution in [2.24, 2.45) is 5.92 Å². The summed E-state index contributed by atoms with van der Waals surface area (Å²) in [6, 6.07) is 7.19. The van der Waals surface area contributed by atoms with Crippen molar-refractivity contribution in [2.45, 2.75) is 51.1 Å². The molecule has 1 aliphatic carbocycles. The van der Waals surface area contributed by atoms with Gasteiger partial charge in [0.1, 0.15) is 11.3 Å². The summed E-state index contributed by atoms with van der Waals surface area (Å²) < 4.78 is 5.32. The minimum Gasteiger partial charge on any atom is -0.496 e. The number of methoxy groups -OCH3 is 1. The lowest BCUT2D eigenvalue weighted by Gasteiger charge is -2.34. The maximum absolute atomic E-state index is 12.9. The van der Waals surface area contributed by atoms with E-state index in [0.29, 0.717) is 5.75 Å². The first kappa shape index (κ1) is 15.8. The van der Waals surface area contributed by atoms with Gasteiger partial charge in [-0.25, -0.2) is 4.79 Å². The molecule has 1 aromatic rings. The Bertz CT molecular complexity index is 610. The monoisotopic (exact) mass is 316 g/mol. The Morgan fingerprint density at radius 3 is 2.61 bits per heavy atom. The smallest absolute Gasteiger partial charge is 0.325 e. The van der Waals surface area contributed by atoms with Crippen LogP contribution in [0.3, 0.4) is 0 Å². The van der Waals surface area contributed by atoms with E-state index in [1.807, 2.05) is 31.2 Å². The zero-order valence-corrected chi connectivity index (χ0v) is 13.8. The molecule has 0 bridgehead atoms. The maximum atomic E-state index is 12.9. The lowest BCUT2D eigenvalue weighted by molar-refractivity contribution is -0.133. The Morgan fingerprint density at radius 1 is 1.22 bits per heavy atom. The van der Waals surface area contributed by atoms with E-state index in [-0.39, 0.29) is 24.4 Å². The third-order valence-corrected chi connectivity index (χ3v) is 5.24. The number of nitrogens with one attached hydrogen (secondary N) is 1. The molecule has 23 heavy (non-hydrogen) atoms. The average molecular weight is 316 g/mol. The van der Waals surface area contributed by atoms with Crippen molar-refractivity contribution in [3.8, 4) is 5.75 Å². The van der Waals surface area contributed by atoms with Crippen LogP contribution in [0.15, 0.2) is 24.3 Å². The van der Waals surface area contributed by atoms with Crippen molar-refractivity contribution in [3.63, 3.8) is 0 Å². The van der Waals surface area contributed by atoms with E-state index in [1.54, 1.807) is 7.11 Å². The SMILES string of the molecule is COc1ccccc1CN1C(=O)N[C@](C)(C2CCCCC2)C1=O. The molecule has 3 amide bonds. The molecule has 1 heterocycles. The van der Waals surface area contributed by atoms with E-state index < -0.39 is 5.54 Å². The van der Waals surface area contributed by atoms with Crippen molar-refractivity contribution in [1.29, 1.82) is 0 Å². The zero-order valence-electron chi connectivity index (χ0n) is 13.8. The molecule has 1 saturated heterocycles. The molecule has 5 heteroatoms. The molecular weight excluding hydrogens is 292 g/mol. The molecule has 124 valence electrons. The highest BCUT2D eigenvalue weighted by Crippen LogP contribution is 2.37. The van der Waals surface area contributed by atoms with Gasteiger partial charge >= 0.3 is 6.03 Å². The Hall–Kier alpha value is -2.04. The van der Waals surface area contributed by atoms with Crippen molar-refractivity contribution in [1.82, 2.24) is 10.2 Å². The number of benzene rings is 1. The van der Waals surface area contributed by atoms with Gasteiger partial charge in [0.05, 0.1) is 13.7 Å². The summed E-state index contributed by atoms with van der Waals surface area (Å²) in [5.41, 5.74) is 0.0749. The number of nitrogens with zero attached hydrogens (tertiary/aromatic N) is 1. The average Bonchev–Trinajstić information content (AvgIpc) is 2.80. The highest BCUT2D eigenvalue weighted by molar-refractivity contribution is 6.07. The van der Waals surface area contributed by atoms with Gasteiger partial charge in [-0.05, 0) is 31.7 Å². The predicted octanol–water partition coefficient (Wildman–Crippen LogP) is 3.09. The first-order chi connectivity index (χ1) is 11.1. The number of hydrogen-bond donors (Lipinski definition) is 1. The van der Waals surface area contributed by atoms with E-state index in [9.17, 15) is 9.59 Å². The van der Waals surface area contributed by atoms with Gasteiger partial charge in [-0.1, -0.05) is 37.5 Å². The molecule has 0 unspecified atom stereocenters. The molecule has 5 nitrogen and oxygen atoms in total. The molecule has 0 spiro atoms. The first-order valence-corrected chi connectivity index (χ1v) is 8.32. The standard InChI is InChI=1S/C18H24N2O3/c1-18(14-9-4-3-5-10-14)16(21)20(17(22)19-18)12-13-8-6-7-11-15(13)23-2/h6-8,11,14H,3-5,9-10,12H2,1-2H3,(H,19,22)/t18-/m1/s1. The minimum absolute atomic E-state index is 0.111. The van der Waals surface area contributed by atoms with Gasteiger partial charge in [-0.2, -0.15) is 0 Å². The van der Waals surface area contributed by atoms with E-state index in [4.69, 9.17) is 4.74 Å². The molecule has 1 saturated carbocycles. The molecule has 1 aliphatic heterocycles. The fraction of sp³-hybridized carbons (Fsp3) is 0.556. The van der Waals surface area contributed by atoms with E-state index in [1.165, 1.54) is 11.3 Å². The summed E-state index contributed by atoms with van der Waals surface area (Å²) >= 11 is 0. The third-order valence-electron chi connectivity index (χ3n) is 5.24. The van der Waals surface area contributed by atoms with Gasteiger partial charge < -0.3 is 10.1 Å². The van der Waals surface area contributed by atoms with Crippen LogP contribution in [0.5, 0.6) is 5.75 Å². The van der Waals surface area contributed by atoms with Crippen molar-refractivity contribution in [2.75, 3.05) is 7.11 Å². The van der Waals surface area contributed by atoms with Crippen LogP contribution >= 0.6 is 0 Å². The van der Waals surface area contributed by atoms with Gasteiger partial charge in [0, 0.05) is 5.56 Å². The summed E-state index contributed by atoms with van der Waals surface area (Å²) in [7, 11) is 1.59. The highest BCUT2D eigenvalue weighted by Gasteiger charge is 2.52. The summed E-state index contributed by atoms with van der Waals surface area (Å²) in [6.07, 6.45) is 5.50. The topological polar surface area (TPSA) is 58.6 Å². The lowest BCUT2D eigenvalue weighted by Crippen LogP contribution is -2.51. The van der Waals surface area contributed by atoms with Crippen LogP contribution in [-0.2, 0) is 11.3 Å². The Morgan fingerprint density at radius 2 is 1.91 bits per heavy atom. The van der Waals surface area contributed by atoms with E-state index in [0.717, 1.165) is 31.2 Å². The molecule has 1 aromatic carbocycles. The Balaban J connectivity index is 1.81. The fourth-order valence-electron chi connectivity index (χ4n) is 3.82. The van der Waals surface area contributed by atoms with E-state index >= 15 is 0 Å². The van der Waals surface area contributed by atoms with Gasteiger partial charge in [0.15, 0.2) is 0 Å². The molecule has 0 aromatic heterocycles. The molecule has 2 fully saturated rings. The summed E-state index contributed by atoms with van der Waals surface area (Å²) in [5, 5.41) is 2.95. The van der Waals surface area contributed by atoms with Crippen LogP contribution in [0.4, 0.5) is 4.79 Å². The van der Waals surface area contributed by atoms with Crippen molar-refractivity contribution < 1.29 is 14.3 Å². The predicted molar refractivity (Wildman–Crippen MR) is 87.1 cm³/mol. The number of carbonyl (C=O) groups excluding carboxylic acids is 2. The lowest BCUT2D eigenvalue weighted by atomic mass is 9.75. The fourth-order valence-corrected chi connectivity index (χ4v) is 3.82. The number of hydrogen-bond acceptors (Lipinski definition) is 3. The first-order valence-electron chi connectivity index (χ1n) is 8.32. The van der Waals surface area contributed by atoms with Crippen LogP contribution in [0.2, 0.25) is 0 Å². The van der Waals surface area contributed by atoms with Gasteiger partial charge in [0.25, 0.3) is 5.91 Å². The molecule has 0 radical (unpaired) electrons. The largest absolute Gasteiger partial charge is 0.496 e. The number of carbonyl (C=O) groups is 2. The van der Waals surface area contributed by atoms with Crippen LogP contribution in [-0.4, -0.2) is 29.5 Å². The summed E-state index contributed by atoms with van der Waals surface area (Å²) in [5.74, 6) is 0.815. The number of ether oxygens (including phenoxy) is 1. The Labute approximate surface area is 137 Å². The molecule has 3 rings (SSSR count). The maximum Gasteiger partial charge on any atom is 0.325 e. The van der Waals surface area contributed by atoms with Crippen LogP contribution < -0.4 is 10.1 Å².